The molecule has 1 aliphatic carbocycles. The lowest BCUT2D eigenvalue weighted by Gasteiger charge is -2.28. The van der Waals surface area contributed by atoms with Crippen LogP contribution in [0, 0.1) is 11.7 Å². The van der Waals surface area contributed by atoms with E-state index in [0.29, 0.717) is 17.5 Å². The van der Waals surface area contributed by atoms with Crippen molar-refractivity contribution in [3.8, 4) is 0 Å². The number of rotatable bonds is 3. The summed E-state index contributed by atoms with van der Waals surface area (Å²) in [7, 11) is 0. The van der Waals surface area contributed by atoms with Gasteiger partial charge in [0.15, 0.2) is 11.6 Å². The Morgan fingerprint density at radius 2 is 2.24 bits per heavy atom. The second-order valence-electron chi connectivity index (χ2n) is 4.57. The van der Waals surface area contributed by atoms with E-state index >= 15 is 0 Å². The molecule has 1 fully saturated rings. The van der Waals surface area contributed by atoms with Gasteiger partial charge in [-0.25, -0.2) is 9.37 Å². The molecular weight excluding hydrogens is 241 g/mol. The monoisotopic (exact) mass is 257 g/mol. The lowest BCUT2D eigenvalue weighted by molar-refractivity contribution is 0.321. The number of aromatic nitrogens is 1. The van der Waals surface area contributed by atoms with Gasteiger partial charge in [0.1, 0.15) is 0 Å². The smallest absolute Gasteiger partial charge is 0.166 e. The van der Waals surface area contributed by atoms with E-state index in [2.05, 4.69) is 10.3 Å². The van der Waals surface area contributed by atoms with Gasteiger partial charge in [-0.2, -0.15) is 0 Å². The van der Waals surface area contributed by atoms with Crippen molar-refractivity contribution < 1.29 is 4.39 Å². The van der Waals surface area contributed by atoms with E-state index in [9.17, 15) is 4.39 Å². The van der Waals surface area contributed by atoms with Crippen LogP contribution in [0.25, 0.3) is 0 Å². The minimum Gasteiger partial charge on any atom is -0.367 e. The Kier molecular flexibility index (Phi) is 4.18. The summed E-state index contributed by atoms with van der Waals surface area (Å²) in [5.41, 5.74) is 6.03. The summed E-state index contributed by atoms with van der Waals surface area (Å²) < 4.78 is 13.5. The average molecular weight is 258 g/mol. The minimum atomic E-state index is -0.415. The summed E-state index contributed by atoms with van der Waals surface area (Å²) in [4.78, 5) is 3.93. The van der Waals surface area contributed by atoms with E-state index in [0.717, 1.165) is 12.8 Å². The maximum absolute atomic E-state index is 13.5. The normalized spacial score (nSPS) is 24.6. The summed E-state index contributed by atoms with van der Waals surface area (Å²) in [5, 5.41) is 3.32. The summed E-state index contributed by atoms with van der Waals surface area (Å²) in [5.74, 6) is 0.245. The zero-order chi connectivity index (χ0) is 12.3. The molecule has 3 N–H and O–H groups in total. The standard InChI is InChI=1S/C12H17ClFN3/c13-9-5-10(14)12(17-7-9)16-6-8-3-1-2-4-11(8)15/h5,7-8,11H,1-4,6,15H2,(H,16,17). The Hall–Kier alpha value is -0.870. The molecule has 17 heavy (non-hydrogen) atoms. The molecule has 0 radical (unpaired) electrons. The van der Waals surface area contributed by atoms with Crippen molar-refractivity contribution in [1.29, 1.82) is 0 Å². The molecule has 1 aromatic heterocycles. The first-order valence-corrected chi connectivity index (χ1v) is 6.35. The molecule has 0 bridgehead atoms. The third kappa shape index (κ3) is 3.30. The summed E-state index contributed by atoms with van der Waals surface area (Å²) in [6.45, 7) is 0.673. The third-order valence-electron chi connectivity index (χ3n) is 3.31. The summed E-state index contributed by atoms with van der Waals surface area (Å²) in [6, 6.07) is 1.48. The van der Waals surface area contributed by atoms with Gasteiger partial charge in [0.2, 0.25) is 0 Å². The highest BCUT2D eigenvalue weighted by molar-refractivity contribution is 6.30. The molecule has 0 saturated heterocycles. The summed E-state index contributed by atoms with van der Waals surface area (Å²) >= 11 is 5.64. The van der Waals surface area contributed by atoms with Gasteiger partial charge in [0.05, 0.1) is 5.02 Å². The first kappa shape index (κ1) is 12.6. The quantitative estimate of drug-likeness (QED) is 0.876. The fourth-order valence-electron chi connectivity index (χ4n) is 2.26. The molecule has 0 amide bonds. The van der Waals surface area contributed by atoms with Crippen LogP contribution in [-0.2, 0) is 0 Å². The molecule has 3 nitrogen and oxygen atoms in total. The Morgan fingerprint density at radius 3 is 2.94 bits per heavy atom. The predicted molar refractivity (Wildman–Crippen MR) is 67.6 cm³/mol. The number of anilines is 1. The van der Waals surface area contributed by atoms with Crippen LogP contribution in [0.2, 0.25) is 5.02 Å². The van der Waals surface area contributed by atoms with Gasteiger partial charge in [0, 0.05) is 18.8 Å². The van der Waals surface area contributed by atoms with Crippen molar-refractivity contribution in [2.45, 2.75) is 31.7 Å². The number of hydrogen-bond donors (Lipinski definition) is 2. The van der Waals surface area contributed by atoms with Crippen molar-refractivity contribution in [2.24, 2.45) is 11.7 Å². The Balaban J connectivity index is 1.92. The molecule has 0 aliphatic heterocycles. The number of nitrogens with one attached hydrogen (secondary N) is 1. The van der Waals surface area contributed by atoms with E-state index in [1.54, 1.807) is 0 Å². The van der Waals surface area contributed by atoms with Crippen molar-refractivity contribution in [3.05, 3.63) is 23.1 Å². The largest absolute Gasteiger partial charge is 0.367 e. The first-order chi connectivity index (χ1) is 8.16. The fraction of sp³-hybridized carbons (Fsp3) is 0.583. The minimum absolute atomic E-state index is 0.214. The Labute approximate surface area is 106 Å². The predicted octanol–water partition coefficient (Wildman–Crippen LogP) is 2.80. The molecule has 2 unspecified atom stereocenters. The van der Waals surface area contributed by atoms with Crippen LogP contribution in [0.1, 0.15) is 25.7 Å². The van der Waals surface area contributed by atoms with E-state index in [1.165, 1.54) is 25.1 Å². The molecule has 0 spiro atoms. The van der Waals surface area contributed by atoms with Crippen molar-refractivity contribution >= 4 is 17.4 Å². The van der Waals surface area contributed by atoms with Gasteiger partial charge >= 0.3 is 0 Å². The topological polar surface area (TPSA) is 50.9 Å². The van der Waals surface area contributed by atoms with Crippen LogP contribution >= 0.6 is 11.6 Å². The van der Waals surface area contributed by atoms with Gasteiger partial charge in [-0.1, -0.05) is 24.4 Å². The SMILES string of the molecule is NC1CCCCC1CNc1ncc(Cl)cc1F. The van der Waals surface area contributed by atoms with Crippen LogP contribution in [0.5, 0.6) is 0 Å². The lowest BCUT2D eigenvalue weighted by Crippen LogP contribution is -2.37. The zero-order valence-electron chi connectivity index (χ0n) is 9.63. The number of hydrogen-bond acceptors (Lipinski definition) is 3. The molecule has 2 rings (SSSR count). The maximum Gasteiger partial charge on any atom is 0.166 e. The number of nitrogens with zero attached hydrogens (tertiary/aromatic N) is 1. The number of nitrogens with two attached hydrogens (primary N) is 1. The van der Waals surface area contributed by atoms with Gasteiger partial charge < -0.3 is 11.1 Å². The molecule has 1 aromatic rings. The Bertz CT molecular complexity index is 386. The lowest BCUT2D eigenvalue weighted by atomic mass is 9.85. The van der Waals surface area contributed by atoms with Crippen LogP contribution in [0.4, 0.5) is 10.2 Å². The molecule has 1 heterocycles. The Morgan fingerprint density at radius 1 is 1.47 bits per heavy atom. The fourth-order valence-corrected chi connectivity index (χ4v) is 2.41. The highest BCUT2D eigenvalue weighted by Gasteiger charge is 2.21. The van der Waals surface area contributed by atoms with Gasteiger partial charge in [0.25, 0.3) is 0 Å². The van der Waals surface area contributed by atoms with Gasteiger partial charge in [-0.05, 0) is 24.8 Å². The van der Waals surface area contributed by atoms with E-state index in [1.807, 2.05) is 0 Å². The van der Waals surface area contributed by atoms with E-state index < -0.39 is 5.82 Å². The van der Waals surface area contributed by atoms with E-state index in [4.69, 9.17) is 17.3 Å². The maximum atomic E-state index is 13.5. The second-order valence-corrected chi connectivity index (χ2v) is 5.01. The van der Waals surface area contributed by atoms with Crippen LogP contribution in [0.3, 0.4) is 0 Å². The van der Waals surface area contributed by atoms with Crippen molar-refractivity contribution in [3.63, 3.8) is 0 Å². The summed E-state index contributed by atoms with van der Waals surface area (Å²) in [6.07, 6.45) is 6.00. The van der Waals surface area contributed by atoms with Crippen LogP contribution in [0.15, 0.2) is 12.3 Å². The number of pyridine rings is 1. The van der Waals surface area contributed by atoms with Crippen molar-refractivity contribution in [2.75, 3.05) is 11.9 Å². The molecule has 2 atom stereocenters. The molecule has 1 saturated carbocycles. The third-order valence-corrected chi connectivity index (χ3v) is 3.51. The molecule has 1 aliphatic rings. The zero-order valence-corrected chi connectivity index (χ0v) is 10.4. The number of halogens is 2. The second kappa shape index (κ2) is 5.65. The van der Waals surface area contributed by atoms with Crippen LogP contribution in [-0.4, -0.2) is 17.6 Å². The molecule has 0 aromatic carbocycles. The molecular formula is C12H17ClFN3. The van der Waals surface area contributed by atoms with Crippen molar-refractivity contribution in [1.82, 2.24) is 4.98 Å². The highest BCUT2D eigenvalue weighted by atomic mass is 35.5. The van der Waals surface area contributed by atoms with E-state index in [-0.39, 0.29) is 11.9 Å². The first-order valence-electron chi connectivity index (χ1n) is 5.97. The highest BCUT2D eigenvalue weighted by Crippen LogP contribution is 2.24. The van der Waals surface area contributed by atoms with Gasteiger partial charge in [-0.3, -0.25) is 0 Å². The van der Waals surface area contributed by atoms with Gasteiger partial charge in [-0.15, -0.1) is 0 Å². The molecule has 5 heteroatoms. The molecule has 94 valence electrons. The average Bonchev–Trinajstić information content (AvgIpc) is 2.30. The van der Waals surface area contributed by atoms with Crippen LogP contribution < -0.4 is 11.1 Å².